The van der Waals surface area contributed by atoms with Crippen LogP contribution in [0, 0.1) is 21.7 Å². The van der Waals surface area contributed by atoms with Crippen LogP contribution in [-0.4, -0.2) is 30.5 Å². The lowest BCUT2D eigenvalue weighted by molar-refractivity contribution is -0.386. The first-order chi connectivity index (χ1) is 9.86. The van der Waals surface area contributed by atoms with Crippen LogP contribution in [0.1, 0.15) is 20.8 Å². The molecule has 0 aliphatic rings. The molecule has 0 radical (unpaired) electrons. The summed E-state index contributed by atoms with van der Waals surface area (Å²) in [6, 6.07) is 1.53. The summed E-state index contributed by atoms with van der Waals surface area (Å²) >= 11 is 0. The van der Waals surface area contributed by atoms with E-state index in [0.717, 1.165) is 6.07 Å². The molecule has 0 bridgehead atoms. The number of ether oxygens (including phenoxy) is 3. The molecule has 2 atom stereocenters. The van der Waals surface area contributed by atoms with Gasteiger partial charge in [-0.05, 0) is 26.8 Å². The fraction of sp³-hybridized carbons (Fsp3) is 0.538. The SMILES string of the molecule is CCO[C@@H](C)OC(C)COc1c([N+](=O)[O-])ccc(F)c1F. The molecule has 1 aromatic rings. The molecule has 1 unspecified atom stereocenters. The number of benzene rings is 1. The third-order valence-corrected chi connectivity index (χ3v) is 2.51. The van der Waals surface area contributed by atoms with Crippen LogP contribution < -0.4 is 4.74 Å². The van der Waals surface area contributed by atoms with Gasteiger partial charge in [-0.1, -0.05) is 0 Å². The number of hydrogen-bond acceptors (Lipinski definition) is 5. The first-order valence-corrected chi connectivity index (χ1v) is 6.39. The number of hydrogen-bond donors (Lipinski definition) is 0. The summed E-state index contributed by atoms with van der Waals surface area (Å²) < 4.78 is 42.2. The molecule has 0 aliphatic heterocycles. The summed E-state index contributed by atoms with van der Waals surface area (Å²) in [5.74, 6) is -3.35. The van der Waals surface area contributed by atoms with Crippen molar-refractivity contribution in [1.29, 1.82) is 0 Å². The summed E-state index contributed by atoms with van der Waals surface area (Å²) in [6.07, 6.45) is -1.02. The van der Waals surface area contributed by atoms with Crippen LogP contribution in [0.2, 0.25) is 0 Å². The summed E-state index contributed by atoms with van der Waals surface area (Å²) in [4.78, 5) is 9.94. The van der Waals surface area contributed by atoms with Crippen molar-refractivity contribution in [3.05, 3.63) is 33.9 Å². The van der Waals surface area contributed by atoms with E-state index in [1.165, 1.54) is 0 Å². The molecule has 118 valence electrons. The van der Waals surface area contributed by atoms with Crippen molar-refractivity contribution < 1.29 is 27.9 Å². The Labute approximate surface area is 120 Å². The standard InChI is InChI=1S/C13H17F2NO5/c1-4-19-9(3)21-8(2)7-20-13-11(16(17)18)6-5-10(14)12(13)15/h5-6,8-9H,4,7H2,1-3H3/t8?,9-/m1/s1. The highest BCUT2D eigenvalue weighted by Gasteiger charge is 2.24. The molecule has 21 heavy (non-hydrogen) atoms. The van der Waals surface area contributed by atoms with E-state index in [2.05, 4.69) is 0 Å². The largest absolute Gasteiger partial charge is 0.482 e. The second kappa shape index (κ2) is 7.84. The first-order valence-electron chi connectivity index (χ1n) is 6.39. The first kappa shape index (κ1) is 17.3. The lowest BCUT2D eigenvalue weighted by Gasteiger charge is -2.19. The van der Waals surface area contributed by atoms with Crippen molar-refractivity contribution in [2.24, 2.45) is 0 Å². The van der Waals surface area contributed by atoms with Gasteiger partial charge >= 0.3 is 5.69 Å². The molecule has 0 N–H and O–H groups in total. The van der Waals surface area contributed by atoms with Gasteiger partial charge in [-0.3, -0.25) is 10.1 Å². The minimum Gasteiger partial charge on any atom is -0.482 e. The maximum atomic E-state index is 13.6. The van der Waals surface area contributed by atoms with E-state index < -0.39 is 40.4 Å². The Morgan fingerprint density at radius 3 is 2.57 bits per heavy atom. The molecule has 8 heteroatoms. The number of rotatable bonds is 8. The molecular formula is C13H17F2NO5. The van der Waals surface area contributed by atoms with Gasteiger partial charge in [0.15, 0.2) is 12.1 Å². The van der Waals surface area contributed by atoms with E-state index in [4.69, 9.17) is 14.2 Å². The highest BCUT2D eigenvalue weighted by molar-refractivity contribution is 5.47. The van der Waals surface area contributed by atoms with Crippen LogP contribution in [0.3, 0.4) is 0 Å². The Balaban J connectivity index is 2.74. The maximum Gasteiger partial charge on any atom is 0.314 e. The zero-order valence-corrected chi connectivity index (χ0v) is 12.0. The molecule has 1 rings (SSSR count). The predicted molar refractivity (Wildman–Crippen MR) is 70.1 cm³/mol. The van der Waals surface area contributed by atoms with Gasteiger partial charge in [-0.25, -0.2) is 4.39 Å². The van der Waals surface area contributed by atoms with Crippen molar-refractivity contribution in [2.45, 2.75) is 33.2 Å². The van der Waals surface area contributed by atoms with Crippen molar-refractivity contribution >= 4 is 5.69 Å². The molecule has 0 heterocycles. The molecule has 0 fully saturated rings. The maximum absolute atomic E-state index is 13.6. The third kappa shape index (κ3) is 4.91. The normalized spacial score (nSPS) is 13.8. The second-order valence-corrected chi connectivity index (χ2v) is 4.25. The van der Waals surface area contributed by atoms with Crippen LogP contribution in [0.15, 0.2) is 12.1 Å². The number of nitro groups is 1. The number of nitro benzene ring substituents is 1. The number of halogens is 2. The Hall–Kier alpha value is -1.80. The average molecular weight is 305 g/mol. The van der Waals surface area contributed by atoms with Gasteiger partial charge in [0.2, 0.25) is 11.6 Å². The quantitative estimate of drug-likeness (QED) is 0.419. The molecule has 0 amide bonds. The third-order valence-electron chi connectivity index (χ3n) is 2.51. The zero-order chi connectivity index (χ0) is 16.0. The minimum atomic E-state index is -1.39. The molecule has 0 spiro atoms. The fourth-order valence-corrected chi connectivity index (χ4v) is 1.64. The molecule has 0 aromatic heterocycles. The molecule has 1 aromatic carbocycles. The van der Waals surface area contributed by atoms with Gasteiger partial charge in [0.05, 0.1) is 11.0 Å². The van der Waals surface area contributed by atoms with Gasteiger partial charge in [-0.15, -0.1) is 0 Å². The summed E-state index contributed by atoms with van der Waals surface area (Å²) in [5.41, 5.74) is -0.640. The van der Waals surface area contributed by atoms with Crippen LogP contribution in [-0.2, 0) is 9.47 Å². The van der Waals surface area contributed by atoms with Gasteiger partial charge in [0.25, 0.3) is 0 Å². The van der Waals surface area contributed by atoms with Crippen molar-refractivity contribution in [2.75, 3.05) is 13.2 Å². The van der Waals surface area contributed by atoms with Gasteiger partial charge < -0.3 is 14.2 Å². The predicted octanol–water partition coefficient (Wildman–Crippen LogP) is 3.04. The molecule has 0 aliphatic carbocycles. The van der Waals surface area contributed by atoms with Crippen molar-refractivity contribution in [1.82, 2.24) is 0 Å². The smallest absolute Gasteiger partial charge is 0.314 e. The van der Waals surface area contributed by atoms with Crippen LogP contribution in [0.5, 0.6) is 5.75 Å². The fourth-order valence-electron chi connectivity index (χ4n) is 1.64. The van der Waals surface area contributed by atoms with Crippen molar-refractivity contribution in [3.63, 3.8) is 0 Å². The van der Waals surface area contributed by atoms with Gasteiger partial charge in [0.1, 0.15) is 6.61 Å². The van der Waals surface area contributed by atoms with Crippen molar-refractivity contribution in [3.8, 4) is 5.75 Å². The van der Waals surface area contributed by atoms with E-state index in [-0.39, 0.29) is 6.61 Å². The summed E-state index contributed by atoms with van der Waals surface area (Å²) in [7, 11) is 0. The molecule has 6 nitrogen and oxygen atoms in total. The highest BCUT2D eigenvalue weighted by atomic mass is 19.2. The Bertz CT molecular complexity index is 498. The van der Waals surface area contributed by atoms with E-state index in [1.807, 2.05) is 0 Å². The van der Waals surface area contributed by atoms with Gasteiger partial charge in [-0.2, -0.15) is 4.39 Å². The highest BCUT2D eigenvalue weighted by Crippen LogP contribution is 2.31. The van der Waals surface area contributed by atoms with E-state index in [1.54, 1.807) is 20.8 Å². The Morgan fingerprint density at radius 1 is 1.33 bits per heavy atom. The van der Waals surface area contributed by atoms with E-state index in [9.17, 15) is 18.9 Å². The van der Waals surface area contributed by atoms with Crippen LogP contribution in [0.4, 0.5) is 14.5 Å². The summed E-state index contributed by atoms with van der Waals surface area (Å²) in [5, 5.41) is 10.8. The number of nitrogens with zero attached hydrogens (tertiary/aromatic N) is 1. The van der Waals surface area contributed by atoms with Crippen LogP contribution in [0.25, 0.3) is 0 Å². The Morgan fingerprint density at radius 2 is 2.00 bits per heavy atom. The second-order valence-electron chi connectivity index (χ2n) is 4.25. The van der Waals surface area contributed by atoms with Crippen LogP contribution >= 0.6 is 0 Å². The molecular weight excluding hydrogens is 288 g/mol. The lowest BCUT2D eigenvalue weighted by Crippen LogP contribution is -2.25. The zero-order valence-electron chi connectivity index (χ0n) is 12.0. The topological polar surface area (TPSA) is 70.8 Å². The Kier molecular flexibility index (Phi) is 6.44. The van der Waals surface area contributed by atoms with Gasteiger partial charge in [0, 0.05) is 12.7 Å². The average Bonchev–Trinajstić information content (AvgIpc) is 2.40. The molecule has 0 saturated carbocycles. The molecule has 0 saturated heterocycles. The van der Waals surface area contributed by atoms with E-state index in [0.29, 0.717) is 12.7 Å². The van der Waals surface area contributed by atoms with E-state index >= 15 is 0 Å². The summed E-state index contributed by atoms with van der Waals surface area (Å²) in [6.45, 7) is 5.37. The lowest BCUT2D eigenvalue weighted by atomic mass is 10.2. The minimum absolute atomic E-state index is 0.182. The monoisotopic (exact) mass is 305 g/mol.